The van der Waals surface area contributed by atoms with Gasteiger partial charge in [-0.15, -0.1) is 22.9 Å². The number of nitrogens with zero attached hydrogens (tertiary/aromatic N) is 3. The molecule has 0 aliphatic heterocycles. The van der Waals surface area contributed by atoms with E-state index in [1.165, 1.54) is 29.8 Å². The zero-order valence-electron chi connectivity index (χ0n) is 16.8. The minimum atomic E-state index is -0.405. The summed E-state index contributed by atoms with van der Waals surface area (Å²) in [7, 11) is 0. The summed E-state index contributed by atoms with van der Waals surface area (Å²) in [5.41, 5.74) is 1.15. The number of nitrogens with one attached hydrogen (secondary N) is 2. The highest BCUT2D eigenvalue weighted by molar-refractivity contribution is 7.15. The van der Waals surface area contributed by atoms with E-state index in [2.05, 4.69) is 25.6 Å². The average molecular weight is 472 g/mol. The van der Waals surface area contributed by atoms with E-state index in [0.717, 1.165) is 22.2 Å². The van der Waals surface area contributed by atoms with Crippen molar-refractivity contribution < 1.29 is 13.9 Å². The van der Waals surface area contributed by atoms with Gasteiger partial charge in [-0.1, -0.05) is 6.07 Å². The third kappa shape index (κ3) is 5.68. The van der Waals surface area contributed by atoms with Crippen molar-refractivity contribution >= 4 is 56.4 Å². The number of aromatic nitrogens is 3. The van der Waals surface area contributed by atoms with Crippen molar-refractivity contribution in [2.45, 2.75) is 12.8 Å². The molecule has 164 valence electrons. The third-order valence-electron chi connectivity index (χ3n) is 4.38. The number of fused-ring (bicyclic) bond motifs is 1. The first-order valence-corrected chi connectivity index (χ1v) is 11.2. The van der Waals surface area contributed by atoms with E-state index >= 15 is 0 Å². The second kappa shape index (κ2) is 10.3. The summed E-state index contributed by atoms with van der Waals surface area (Å²) in [5, 5.41) is 7.28. The normalized spacial score (nSPS) is 10.8. The zero-order chi connectivity index (χ0) is 22.3. The number of ether oxygens (including phenoxy) is 1. The van der Waals surface area contributed by atoms with Gasteiger partial charge in [-0.3, -0.25) is 4.79 Å². The summed E-state index contributed by atoms with van der Waals surface area (Å²) >= 11 is 7.02. The lowest BCUT2D eigenvalue weighted by Gasteiger charge is -2.08. The third-order valence-corrected chi connectivity index (χ3v) is 5.56. The summed E-state index contributed by atoms with van der Waals surface area (Å²) in [6, 6.07) is 11.4. The predicted molar refractivity (Wildman–Crippen MR) is 125 cm³/mol. The Bertz CT molecular complexity index is 1240. The van der Waals surface area contributed by atoms with Crippen molar-refractivity contribution in [3.8, 4) is 5.75 Å². The lowest BCUT2D eigenvalue weighted by atomic mass is 10.2. The molecule has 0 saturated heterocycles. The summed E-state index contributed by atoms with van der Waals surface area (Å²) in [6.45, 7) is 0.542. The maximum absolute atomic E-state index is 13.3. The Kier molecular flexibility index (Phi) is 7.08. The monoisotopic (exact) mass is 471 g/mol. The van der Waals surface area contributed by atoms with Crippen LogP contribution in [0.3, 0.4) is 0 Å². The molecule has 2 aromatic carbocycles. The lowest BCUT2D eigenvalue weighted by molar-refractivity contribution is -0.115. The van der Waals surface area contributed by atoms with Crippen molar-refractivity contribution in [2.24, 2.45) is 0 Å². The Morgan fingerprint density at radius 1 is 1.16 bits per heavy atom. The molecule has 0 atom stereocenters. The molecule has 4 aromatic rings. The van der Waals surface area contributed by atoms with E-state index in [9.17, 15) is 9.18 Å². The SMILES string of the molecule is O=C(Cc1cnc(Nc2ncnc3cc(OCCCCl)ccc23)s1)Nc1cccc(F)c1. The number of carbonyl (C=O) groups is 1. The predicted octanol–water partition coefficient (Wildman–Crippen LogP) is 5.16. The topological polar surface area (TPSA) is 89.0 Å². The van der Waals surface area contributed by atoms with Crippen molar-refractivity contribution in [1.82, 2.24) is 15.0 Å². The van der Waals surface area contributed by atoms with Gasteiger partial charge in [-0.2, -0.15) is 0 Å². The number of carbonyl (C=O) groups excluding carboxylic acids is 1. The average Bonchev–Trinajstić information content (AvgIpc) is 3.20. The van der Waals surface area contributed by atoms with Gasteiger partial charge < -0.3 is 15.4 Å². The number of amides is 1. The van der Waals surface area contributed by atoms with E-state index in [4.69, 9.17) is 16.3 Å². The van der Waals surface area contributed by atoms with Crippen LogP contribution < -0.4 is 15.4 Å². The van der Waals surface area contributed by atoms with E-state index < -0.39 is 5.82 Å². The minimum Gasteiger partial charge on any atom is -0.493 e. The van der Waals surface area contributed by atoms with Crippen LogP contribution in [-0.2, 0) is 11.2 Å². The Labute approximate surface area is 192 Å². The fraction of sp³-hybridized carbons (Fsp3) is 0.182. The highest BCUT2D eigenvalue weighted by Gasteiger charge is 2.11. The van der Waals surface area contributed by atoms with Crippen LogP contribution >= 0.6 is 22.9 Å². The molecule has 0 unspecified atom stereocenters. The van der Waals surface area contributed by atoms with Crippen molar-refractivity contribution in [1.29, 1.82) is 0 Å². The number of hydrogen-bond acceptors (Lipinski definition) is 7. The van der Waals surface area contributed by atoms with Crippen molar-refractivity contribution in [3.63, 3.8) is 0 Å². The van der Waals surface area contributed by atoms with Crippen LogP contribution in [0.15, 0.2) is 55.0 Å². The number of hydrogen-bond donors (Lipinski definition) is 2. The quantitative estimate of drug-likeness (QED) is 0.259. The standard InChI is InChI=1S/C22H19ClFN5O2S/c23-7-2-8-31-16-5-6-18-19(10-16)26-13-27-21(18)29-22-25-12-17(32-22)11-20(30)28-15-4-1-3-14(24)9-15/h1,3-6,9-10,12-13H,2,7-8,11H2,(H,28,30)(H,25,26,27,29). The first-order chi connectivity index (χ1) is 15.6. The Morgan fingerprint density at radius 2 is 2.06 bits per heavy atom. The molecule has 0 aliphatic rings. The number of rotatable bonds is 9. The van der Waals surface area contributed by atoms with Gasteiger partial charge in [0.15, 0.2) is 5.13 Å². The number of anilines is 3. The number of halogens is 2. The number of alkyl halides is 1. The molecule has 0 spiro atoms. The highest BCUT2D eigenvalue weighted by atomic mass is 35.5. The molecule has 0 fully saturated rings. The van der Waals surface area contributed by atoms with Crippen LogP contribution in [0.1, 0.15) is 11.3 Å². The fourth-order valence-corrected chi connectivity index (χ4v) is 3.87. The fourth-order valence-electron chi connectivity index (χ4n) is 2.95. The number of thiazole rings is 1. The first-order valence-electron chi connectivity index (χ1n) is 9.81. The molecule has 10 heteroatoms. The molecule has 0 saturated carbocycles. The van der Waals surface area contributed by atoms with Gasteiger partial charge in [0.05, 0.1) is 18.5 Å². The molecule has 1 amide bonds. The van der Waals surface area contributed by atoms with Crippen LogP contribution in [0.4, 0.5) is 21.0 Å². The zero-order valence-corrected chi connectivity index (χ0v) is 18.4. The van der Waals surface area contributed by atoms with Crippen LogP contribution in [0.5, 0.6) is 5.75 Å². The molecule has 2 heterocycles. The van der Waals surface area contributed by atoms with E-state index in [0.29, 0.717) is 34.9 Å². The summed E-state index contributed by atoms with van der Waals surface area (Å²) in [5.74, 6) is 1.21. The number of benzene rings is 2. The van der Waals surface area contributed by atoms with Crippen LogP contribution in [0.25, 0.3) is 10.9 Å². The van der Waals surface area contributed by atoms with Crippen molar-refractivity contribution in [2.75, 3.05) is 23.1 Å². The first kappa shape index (κ1) is 21.9. The molecule has 4 rings (SSSR count). The van der Waals surface area contributed by atoms with Crippen LogP contribution in [0, 0.1) is 5.82 Å². The molecule has 0 aliphatic carbocycles. The van der Waals surface area contributed by atoms with Crippen LogP contribution in [0.2, 0.25) is 0 Å². The van der Waals surface area contributed by atoms with Gasteiger partial charge in [-0.25, -0.2) is 19.3 Å². The highest BCUT2D eigenvalue weighted by Crippen LogP contribution is 2.28. The van der Waals surface area contributed by atoms with Gasteiger partial charge in [-0.05, 0) is 36.8 Å². The van der Waals surface area contributed by atoms with Gasteiger partial charge >= 0.3 is 0 Å². The van der Waals surface area contributed by atoms with Gasteiger partial charge in [0.1, 0.15) is 23.7 Å². The molecule has 0 radical (unpaired) electrons. The Hall–Kier alpha value is -3.30. The molecular formula is C22H19ClFN5O2S. The molecule has 0 bridgehead atoms. The largest absolute Gasteiger partial charge is 0.493 e. The maximum atomic E-state index is 13.3. The summed E-state index contributed by atoms with van der Waals surface area (Å²) in [4.78, 5) is 26.0. The van der Waals surface area contributed by atoms with E-state index in [1.807, 2.05) is 18.2 Å². The van der Waals surface area contributed by atoms with E-state index in [1.54, 1.807) is 18.3 Å². The van der Waals surface area contributed by atoms with Gasteiger partial charge in [0, 0.05) is 34.1 Å². The molecule has 2 aromatic heterocycles. The van der Waals surface area contributed by atoms with E-state index in [-0.39, 0.29) is 12.3 Å². The lowest BCUT2D eigenvalue weighted by Crippen LogP contribution is -2.13. The molecule has 32 heavy (non-hydrogen) atoms. The smallest absolute Gasteiger partial charge is 0.229 e. The Morgan fingerprint density at radius 3 is 2.91 bits per heavy atom. The second-order valence-corrected chi connectivity index (χ2v) is 8.28. The minimum absolute atomic E-state index is 0.128. The molecule has 7 nitrogen and oxygen atoms in total. The molecule has 2 N–H and O–H groups in total. The van der Waals surface area contributed by atoms with Crippen LogP contribution in [-0.4, -0.2) is 33.3 Å². The summed E-state index contributed by atoms with van der Waals surface area (Å²) in [6.07, 6.45) is 3.99. The van der Waals surface area contributed by atoms with Gasteiger partial charge in [0.2, 0.25) is 5.91 Å². The summed E-state index contributed by atoms with van der Waals surface area (Å²) < 4.78 is 18.9. The van der Waals surface area contributed by atoms with Crippen molar-refractivity contribution in [3.05, 3.63) is 65.7 Å². The Balaban J connectivity index is 1.42. The van der Waals surface area contributed by atoms with Gasteiger partial charge in [0.25, 0.3) is 0 Å². The molecular weight excluding hydrogens is 453 g/mol. The maximum Gasteiger partial charge on any atom is 0.229 e. The second-order valence-electron chi connectivity index (χ2n) is 6.78.